The number of amides is 1. The van der Waals surface area contributed by atoms with Crippen LogP contribution in [-0.4, -0.2) is 17.0 Å². The number of halogens is 2. The number of hydrogen-bond donors (Lipinski definition) is 1. The highest BCUT2D eigenvalue weighted by Gasteiger charge is 2.10. The summed E-state index contributed by atoms with van der Waals surface area (Å²) < 4.78 is 13.4. The van der Waals surface area contributed by atoms with Gasteiger partial charge in [-0.1, -0.05) is 23.7 Å². The van der Waals surface area contributed by atoms with Crippen LogP contribution in [0.15, 0.2) is 47.6 Å². The van der Waals surface area contributed by atoms with Crippen LogP contribution >= 0.6 is 11.6 Å². The molecule has 2 rings (SSSR count). The average Bonchev–Trinajstić information content (AvgIpc) is 2.49. The van der Waals surface area contributed by atoms with E-state index in [9.17, 15) is 19.3 Å². The maximum absolute atomic E-state index is 13.4. The topological polar surface area (TPSA) is 84.6 Å². The molecule has 0 bridgehead atoms. The Kier molecular flexibility index (Phi) is 4.80. The molecular weight excluding hydrogens is 313 g/mol. The fourth-order valence-electron chi connectivity index (χ4n) is 1.61. The van der Waals surface area contributed by atoms with E-state index >= 15 is 0 Å². The number of nitrogens with one attached hydrogen (secondary N) is 1. The molecule has 0 heterocycles. The lowest BCUT2D eigenvalue weighted by Crippen LogP contribution is -2.18. The van der Waals surface area contributed by atoms with Gasteiger partial charge in [-0.3, -0.25) is 14.9 Å². The number of carbonyl (C=O) groups excluding carboxylic acids is 1. The highest BCUT2D eigenvalue weighted by Crippen LogP contribution is 2.20. The lowest BCUT2D eigenvalue weighted by molar-refractivity contribution is -0.384. The summed E-state index contributed by atoms with van der Waals surface area (Å²) in [5.41, 5.74) is 2.06. The summed E-state index contributed by atoms with van der Waals surface area (Å²) >= 11 is 5.87. The molecule has 0 fully saturated rings. The van der Waals surface area contributed by atoms with E-state index in [2.05, 4.69) is 10.5 Å². The summed E-state index contributed by atoms with van der Waals surface area (Å²) in [6, 6.07) is 9.23. The van der Waals surface area contributed by atoms with Crippen molar-refractivity contribution in [1.29, 1.82) is 0 Å². The Labute approximate surface area is 129 Å². The maximum atomic E-state index is 13.4. The van der Waals surface area contributed by atoms with Crippen molar-refractivity contribution in [3.63, 3.8) is 0 Å². The van der Waals surface area contributed by atoms with Crippen molar-refractivity contribution in [1.82, 2.24) is 5.43 Å². The molecule has 8 heteroatoms. The van der Waals surface area contributed by atoms with Crippen molar-refractivity contribution in [3.8, 4) is 0 Å². The van der Waals surface area contributed by atoms with Crippen LogP contribution in [0.5, 0.6) is 0 Å². The molecule has 0 saturated heterocycles. The molecule has 6 nitrogen and oxygen atoms in total. The van der Waals surface area contributed by atoms with Crippen LogP contribution in [0.3, 0.4) is 0 Å². The lowest BCUT2D eigenvalue weighted by Gasteiger charge is -2.01. The second-order valence-electron chi connectivity index (χ2n) is 4.14. The minimum absolute atomic E-state index is 0.161. The monoisotopic (exact) mass is 321 g/mol. The Morgan fingerprint density at radius 2 is 2.05 bits per heavy atom. The number of nitro benzene ring substituents is 1. The van der Waals surface area contributed by atoms with Crippen LogP contribution in [0.25, 0.3) is 0 Å². The minimum Gasteiger partial charge on any atom is -0.267 e. The van der Waals surface area contributed by atoms with Crippen LogP contribution in [0, 0.1) is 15.9 Å². The number of rotatable bonds is 4. The van der Waals surface area contributed by atoms with E-state index in [1.165, 1.54) is 36.4 Å². The van der Waals surface area contributed by atoms with Crippen LogP contribution in [0.1, 0.15) is 15.9 Å². The second kappa shape index (κ2) is 6.77. The zero-order chi connectivity index (χ0) is 16.1. The van der Waals surface area contributed by atoms with Gasteiger partial charge in [0.2, 0.25) is 0 Å². The molecule has 1 N–H and O–H groups in total. The molecule has 0 aliphatic carbocycles. The summed E-state index contributed by atoms with van der Waals surface area (Å²) in [6.45, 7) is 0. The first kappa shape index (κ1) is 15.6. The molecule has 22 heavy (non-hydrogen) atoms. The quantitative estimate of drug-likeness (QED) is 0.533. The minimum atomic E-state index is -0.740. The van der Waals surface area contributed by atoms with E-state index in [1.54, 1.807) is 0 Å². The average molecular weight is 322 g/mol. The van der Waals surface area contributed by atoms with Crippen LogP contribution in [-0.2, 0) is 0 Å². The van der Waals surface area contributed by atoms with Gasteiger partial charge in [-0.05, 0) is 18.2 Å². The first-order chi connectivity index (χ1) is 10.5. The van der Waals surface area contributed by atoms with E-state index < -0.39 is 16.6 Å². The third kappa shape index (κ3) is 3.64. The Hall–Kier alpha value is -2.80. The highest BCUT2D eigenvalue weighted by atomic mass is 35.5. The molecule has 112 valence electrons. The van der Waals surface area contributed by atoms with Crippen LogP contribution in [0.2, 0.25) is 5.02 Å². The third-order valence-corrected chi connectivity index (χ3v) is 3.02. The number of nitro groups is 1. The molecule has 0 aromatic heterocycles. The van der Waals surface area contributed by atoms with E-state index in [4.69, 9.17) is 11.6 Å². The van der Waals surface area contributed by atoms with E-state index in [0.29, 0.717) is 0 Å². The molecule has 0 atom stereocenters. The Morgan fingerprint density at radius 1 is 1.32 bits per heavy atom. The maximum Gasteiger partial charge on any atom is 0.274 e. The predicted octanol–water partition coefficient (Wildman–Crippen LogP) is 3.15. The predicted molar refractivity (Wildman–Crippen MR) is 79.6 cm³/mol. The lowest BCUT2D eigenvalue weighted by atomic mass is 10.2. The molecule has 0 unspecified atom stereocenters. The Balaban J connectivity index is 2.13. The van der Waals surface area contributed by atoms with Gasteiger partial charge in [-0.15, -0.1) is 0 Å². The summed E-state index contributed by atoms with van der Waals surface area (Å²) in [4.78, 5) is 21.8. The Morgan fingerprint density at radius 3 is 2.73 bits per heavy atom. The number of benzene rings is 2. The summed E-state index contributed by atoms with van der Waals surface area (Å²) in [6.07, 6.45) is 1.15. The molecule has 0 saturated carbocycles. The van der Waals surface area contributed by atoms with E-state index in [0.717, 1.165) is 12.3 Å². The largest absolute Gasteiger partial charge is 0.274 e. The fourth-order valence-corrected chi connectivity index (χ4v) is 1.78. The Bertz CT molecular complexity index is 765. The van der Waals surface area contributed by atoms with Gasteiger partial charge in [0.15, 0.2) is 0 Å². The molecule has 0 spiro atoms. The molecular formula is C14H9ClFN3O3. The number of nitrogens with zero attached hydrogens (tertiary/aromatic N) is 2. The summed E-state index contributed by atoms with van der Waals surface area (Å²) in [5.74, 6) is -1.42. The zero-order valence-corrected chi connectivity index (χ0v) is 11.7. The fraction of sp³-hybridized carbons (Fsp3) is 0. The number of hydrazone groups is 1. The normalized spacial score (nSPS) is 10.6. The van der Waals surface area contributed by atoms with Crippen molar-refractivity contribution in [2.45, 2.75) is 0 Å². The van der Waals surface area contributed by atoms with Gasteiger partial charge in [0, 0.05) is 22.7 Å². The van der Waals surface area contributed by atoms with Gasteiger partial charge >= 0.3 is 0 Å². The summed E-state index contributed by atoms with van der Waals surface area (Å²) in [5, 5.41) is 14.5. The number of hydrogen-bond acceptors (Lipinski definition) is 4. The van der Waals surface area contributed by atoms with E-state index in [-0.39, 0.29) is 21.8 Å². The van der Waals surface area contributed by atoms with Gasteiger partial charge in [0.25, 0.3) is 11.6 Å². The van der Waals surface area contributed by atoms with Gasteiger partial charge < -0.3 is 0 Å². The van der Waals surface area contributed by atoms with Crippen molar-refractivity contribution in [2.75, 3.05) is 0 Å². The molecule has 0 aliphatic rings. The van der Waals surface area contributed by atoms with Gasteiger partial charge in [0.1, 0.15) is 5.82 Å². The standard InChI is InChI=1S/C14H9ClFN3O3/c15-12-6-5-10(19(21)22)7-9(12)8-17-18-14(20)11-3-1-2-4-13(11)16/h1-8H,(H,18,20)/b17-8+. The molecule has 0 aliphatic heterocycles. The van der Waals surface area contributed by atoms with Gasteiger partial charge in [0.05, 0.1) is 16.7 Å². The van der Waals surface area contributed by atoms with Gasteiger partial charge in [-0.2, -0.15) is 5.10 Å². The molecule has 1 amide bonds. The van der Waals surface area contributed by atoms with Crippen LogP contribution in [0.4, 0.5) is 10.1 Å². The smallest absolute Gasteiger partial charge is 0.267 e. The third-order valence-electron chi connectivity index (χ3n) is 2.68. The molecule has 2 aromatic carbocycles. The SMILES string of the molecule is O=C(N/N=C/c1cc([N+](=O)[O-])ccc1Cl)c1ccccc1F. The number of carbonyl (C=O) groups is 1. The van der Waals surface area contributed by atoms with Crippen molar-refractivity contribution in [2.24, 2.45) is 5.10 Å². The zero-order valence-electron chi connectivity index (χ0n) is 11.0. The van der Waals surface area contributed by atoms with Crippen molar-refractivity contribution >= 4 is 29.4 Å². The van der Waals surface area contributed by atoms with E-state index in [1.807, 2.05) is 0 Å². The van der Waals surface area contributed by atoms with Crippen LogP contribution < -0.4 is 5.43 Å². The second-order valence-corrected chi connectivity index (χ2v) is 4.55. The first-order valence-electron chi connectivity index (χ1n) is 6.01. The molecule has 2 aromatic rings. The van der Waals surface area contributed by atoms with Crippen molar-refractivity contribution in [3.05, 3.63) is 74.5 Å². The highest BCUT2D eigenvalue weighted by molar-refractivity contribution is 6.33. The first-order valence-corrected chi connectivity index (χ1v) is 6.38. The van der Waals surface area contributed by atoms with Gasteiger partial charge in [-0.25, -0.2) is 9.82 Å². The number of non-ortho nitro benzene ring substituents is 1. The molecule has 0 radical (unpaired) electrons. The van der Waals surface area contributed by atoms with Crippen molar-refractivity contribution < 1.29 is 14.1 Å². The summed E-state index contributed by atoms with van der Waals surface area (Å²) in [7, 11) is 0.